The van der Waals surface area contributed by atoms with Crippen LogP contribution in [0.3, 0.4) is 0 Å². The SMILES string of the molecule is CSCc1csc(NC(=O)c2ccccc2F)n1. The number of thioether (sulfide) groups is 1. The van der Waals surface area contributed by atoms with Gasteiger partial charge in [-0.3, -0.25) is 10.1 Å². The van der Waals surface area contributed by atoms with Crippen molar-refractivity contribution in [2.24, 2.45) is 0 Å². The predicted molar refractivity (Wildman–Crippen MR) is 73.7 cm³/mol. The second-order valence-corrected chi connectivity index (χ2v) is 5.24. The van der Waals surface area contributed by atoms with E-state index < -0.39 is 11.7 Å². The Hall–Kier alpha value is -1.40. The molecule has 2 aromatic rings. The van der Waals surface area contributed by atoms with Crippen molar-refractivity contribution in [3.8, 4) is 0 Å². The third-order valence-electron chi connectivity index (χ3n) is 2.18. The van der Waals surface area contributed by atoms with Crippen molar-refractivity contribution in [1.82, 2.24) is 4.98 Å². The predicted octanol–water partition coefficient (Wildman–Crippen LogP) is 3.40. The first kappa shape index (κ1) is 13.0. The minimum Gasteiger partial charge on any atom is -0.298 e. The zero-order valence-electron chi connectivity index (χ0n) is 9.64. The second-order valence-electron chi connectivity index (χ2n) is 3.51. The molecule has 94 valence electrons. The molecule has 0 aliphatic heterocycles. The van der Waals surface area contributed by atoms with Crippen molar-refractivity contribution in [2.45, 2.75) is 5.75 Å². The summed E-state index contributed by atoms with van der Waals surface area (Å²) in [6, 6.07) is 5.88. The van der Waals surface area contributed by atoms with Gasteiger partial charge in [-0.25, -0.2) is 9.37 Å². The molecule has 2 rings (SSSR count). The normalized spacial score (nSPS) is 10.3. The molecular formula is C12H11FN2OS2. The van der Waals surface area contributed by atoms with Crippen LogP contribution in [0.5, 0.6) is 0 Å². The van der Waals surface area contributed by atoms with Gasteiger partial charge in [0.1, 0.15) is 5.82 Å². The molecule has 3 nitrogen and oxygen atoms in total. The standard InChI is InChI=1S/C12H11FN2OS2/c1-17-6-8-7-18-12(14-8)15-11(16)9-4-2-3-5-10(9)13/h2-5,7H,6H2,1H3,(H,14,15,16). The molecule has 1 amide bonds. The summed E-state index contributed by atoms with van der Waals surface area (Å²) in [6.07, 6.45) is 1.98. The van der Waals surface area contributed by atoms with E-state index in [-0.39, 0.29) is 5.56 Å². The number of halogens is 1. The van der Waals surface area contributed by atoms with Crippen molar-refractivity contribution >= 4 is 34.1 Å². The molecule has 0 spiro atoms. The van der Waals surface area contributed by atoms with Gasteiger partial charge in [0.05, 0.1) is 11.3 Å². The number of nitrogens with one attached hydrogen (secondary N) is 1. The second kappa shape index (κ2) is 5.97. The largest absolute Gasteiger partial charge is 0.298 e. The Labute approximate surface area is 112 Å². The van der Waals surface area contributed by atoms with Gasteiger partial charge in [0.25, 0.3) is 5.91 Å². The highest BCUT2D eigenvalue weighted by atomic mass is 32.2. The van der Waals surface area contributed by atoms with Gasteiger partial charge in [-0.05, 0) is 18.4 Å². The number of benzene rings is 1. The fourth-order valence-electron chi connectivity index (χ4n) is 1.39. The number of hydrogen-bond donors (Lipinski definition) is 1. The van der Waals surface area contributed by atoms with E-state index in [0.717, 1.165) is 11.4 Å². The quantitative estimate of drug-likeness (QED) is 0.934. The summed E-state index contributed by atoms with van der Waals surface area (Å²) >= 11 is 3.00. The highest BCUT2D eigenvalue weighted by molar-refractivity contribution is 7.97. The molecule has 18 heavy (non-hydrogen) atoms. The molecule has 1 aromatic heterocycles. The molecule has 0 aliphatic rings. The van der Waals surface area contributed by atoms with Crippen LogP contribution in [0, 0.1) is 5.82 Å². The van der Waals surface area contributed by atoms with E-state index in [0.29, 0.717) is 5.13 Å². The summed E-state index contributed by atoms with van der Waals surface area (Å²) in [7, 11) is 0. The smallest absolute Gasteiger partial charge is 0.260 e. The Balaban J connectivity index is 2.09. The van der Waals surface area contributed by atoms with E-state index in [1.165, 1.54) is 23.5 Å². The lowest BCUT2D eigenvalue weighted by atomic mass is 10.2. The average molecular weight is 282 g/mol. The van der Waals surface area contributed by atoms with Crippen molar-refractivity contribution in [3.05, 3.63) is 46.7 Å². The van der Waals surface area contributed by atoms with Gasteiger partial charge in [-0.2, -0.15) is 11.8 Å². The first-order valence-electron chi connectivity index (χ1n) is 5.20. The van der Waals surface area contributed by atoms with Crippen LogP contribution < -0.4 is 5.32 Å². The molecule has 0 saturated carbocycles. The minimum atomic E-state index is -0.532. The molecule has 0 aliphatic carbocycles. The number of carbonyl (C=O) groups is 1. The number of nitrogens with zero attached hydrogens (tertiary/aromatic N) is 1. The summed E-state index contributed by atoms with van der Waals surface area (Å²) in [5.74, 6) is -0.208. The van der Waals surface area contributed by atoms with Crippen LogP contribution in [0.25, 0.3) is 0 Å². The monoisotopic (exact) mass is 282 g/mol. The Morgan fingerprint density at radius 1 is 1.50 bits per heavy atom. The number of rotatable bonds is 4. The van der Waals surface area contributed by atoms with Gasteiger partial charge in [0.15, 0.2) is 5.13 Å². The Morgan fingerprint density at radius 2 is 2.28 bits per heavy atom. The maximum absolute atomic E-state index is 13.4. The van der Waals surface area contributed by atoms with E-state index >= 15 is 0 Å². The van der Waals surface area contributed by atoms with Crippen LogP contribution in [0.15, 0.2) is 29.6 Å². The van der Waals surface area contributed by atoms with Gasteiger partial charge < -0.3 is 0 Å². The van der Waals surface area contributed by atoms with Gasteiger partial charge in [-0.15, -0.1) is 11.3 Å². The average Bonchev–Trinajstić information content (AvgIpc) is 2.77. The molecule has 1 aromatic carbocycles. The van der Waals surface area contributed by atoms with Crippen LogP contribution in [-0.4, -0.2) is 17.1 Å². The molecule has 0 radical (unpaired) electrons. The maximum Gasteiger partial charge on any atom is 0.260 e. The summed E-state index contributed by atoms with van der Waals surface area (Å²) in [6.45, 7) is 0. The van der Waals surface area contributed by atoms with E-state index in [4.69, 9.17) is 0 Å². The van der Waals surface area contributed by atoms with Crippen LogP contribution in [0.4, 0.5) is 9.52 Å². The summed E-state index contributed by atoms with van der Waals surface area (Å²) in [4.78, 5) is 16.1. The topological polar surface area (TPSA) is 42.0 Å². The van der Waals surface area contributed by atoms with E-state index in [1.807, 2.05) is 11.6 Å². The fourth-order valence-corrected chi connectivity index (χ4v) is 2.64. The first-order chi connectivity index (χ1) is 8.70. The maximum atomic E-state index is 13.4. The zero-order valence-corrected chi connectivity index (χ0v) is 11.3. The molecule has 0 bridgehead atoms. The van der Waals surface area contributed by atoms with E-state index in [1.54, 1.807) is 23.9 Å². The number of carbonyl (C=O) groups excluding carboxylic acids is 1. The van der Waals surface area contributed by atoms with Gasteiger partial charge in [0.2, 0.25) is 0 Å². The van der Waals surface area contributed by atoms with Crippen LogP contribution in [0.1, 0.15) is 16.1 Å². The lowest BCUT2D eigenvalue weighted by Crippen LogP contribution is -2.13. The Bertz CT molecular complexity index is 557. The minimum absolute atomic E-state index is 0.0270. The summed E-state index contributed by atoms with van der Waals surface area (Å²) in [5, 5.41) is 4.97. The van der Waals surface area contributed by atoms with Gasteiger partial charge >= 0.3 is 0 Å². The molecule has 0 fully saturated rings. The molecule has 0 atom stereocenters. The number of thiazole rings is 1. The number of aromatic nitrogens is 1. The van der Waals surface area contributed by atoms with Crippen molar-refractivity contribution in [2.75, 3.05) is 11.6 Å². The molecule has 6 heteroatoms. The van der Waals surface area contributed by atoms with Crippen molar-refractivity contribution in [1.29, 1.82) is 0 Å². The van der Waals surface area contributed by atoms with Gasteiger partial charge in [0, 0.05) is 11.1 Å². The lowest BCUT2D eigenvalue weighted by molar-refractivity contribution is 0.102. The van der Waals surface area contributed by atoms with Crippen molar-refractivity contribution in [3.63, 3.8) is 0 Å². The fraction of sp³-hybridized carbons (Fsp3) is 0.167. The zero-order chi connectivity index (χ0) is 13.0. The summed E-state index contributed by atoms with van der Waals surface area (Å²) < 4.78 is 13.4. The van der Waals surface area contributed by atoms with E-state index in [9.17, 15) is 9.18 Å². The van der Waals surface area contributed by atoms with Gasteiger partial charge in [-0.1, -0.05) is 12.1 Å². The highest BCUT2D eigenvalue weighted by Crippen LogP contribution is 2.19. The van der Waals surface area contributed by atoms with Crippen molar-refractivity contribution < 1.29 is 9.18 Å². The van der Waals surface area contributed by atoms with Crippen LogP contribution in [0.2, 0.25) is 0 Å². The summed E-state index contributed by atoms with van der Waals surface area (Å²) in [5.41, 5.74) is 0.940. The van der Waals surface area contributed by atoms with E-state index in [2.05, 4.69) is 10.3 Å². The third-order valence-corrected chi connectivity index (χ3v) is 3.57. The highest BCUT2D eigenvalue weighted by Gasteiger charge is 2.12. The van der Waals surface area contributed by atoms with Crippen LogP contribution >= 0.6 is 23.1 Å². The first-order valence-corrected chi connectivity index (χ1v) is 7.47. The number of hydrogen-bond acceptors (Lipinski definition) is 4. The van der Waals surface area contributed by atoms with Crippen LogP contribution in [-0.2, 0) is 5.75 Å². The lowest BCUT2D eigenvalue weighted by Gasteiger charge is -2.02. The molecule has 0 saturated heterocycles. The third kappa shape index (κ3) is 3.08. The number of anilines is 1. The molecule has 0 unspecified atom stereocenters. The molecule has 1 heterocycles. The molecular weight excluding hydrogens is 271 g/mol. The number of amides is 1. The Morgan fingerprint density at radius 3 is 3.00 bits per heavy atom. The Kier molecular flexibility index (Phi) is 4.33. The molecule has 1 N–H and O–H groups in total.